The van der Waals surface area contributed by atoms with Gasteiger partial charge in [0, 0.05) is 5.69 Å². The summed E-state index contributed by atoms with van der Waals surface area (Å²) < 4.78 is 0. The summed E-state index contributed by atoms with van der Waals surface area (Å²) in [5.74, 6) is 0.693. The molecule has 1 saturated heterocycles. The van der Waals surface area contributed by atoms with Crippen LogP contribution in [0, 0.1) is 0 Å². The highest BCUT2D eigenvalue weighted by atomic mass is 32.2. The number of rotatable bonds is 3. The lowest BCUT2D eigenvalue weighted by Gasteiger charge is -2.24. The molecule has 1 aliphatic heterocycles. The van der Waals surface area contributed by atoms with Crippen molar-refractivity contribution in [2.75, 3.05) is 16.9 Å². The quantitative estimate of drug-likeness (QED) is 0.946. The molecular weight excluding hydrogens is 290 g/mol. The van der Waals surface area contributed by atoms with Crippen LogP contribution in [-0.4, -0.2) is 33.3 Å². The molecule has 1 aromatic heterocycles. The van der Waals surface area contributed by atoms with Crippen LogP contribution in [0.1, 0.15) is 6.92 Å². The summed E-state index contributed by atoms with van der Waals surface area (Å²) in [7, 11) is 0. The Morgan fingerprint density at radius 1 is 1.60 bits per heavy atom. The van der Waals surface area contributed by atoms with E-state index in [1.54, 1.807) is 29.9 Å². The smallest absolute Gasteiger partial charge is 0.238 e. The van der Waals surface area contributed by atoms with Crippen LogP contribution in [0.3, 0.4) is 0 Å². The highest BCUT2D eigenvalue weighted by molar-refractivity contribution is 8.02. The Balaban J connectivity index is 2.00. The van der Waals surface area contributed by atoms with Crippen molar-refractivity contribution < 1.29 is 4.79 Å². The van der Waals surface area contributed by atoms with Gasteiger partial charge in [-0.3, -0.25) is 9.69 Å². The second kappa shape index (κ2) is 5.54. The molecule has 3 rings (SSSR count). The maximum absolute atomic E-state index is 12.2. The van der Waals surface area contributed by atoms with Gasteiger partial charge in [-0.05, 0) is 42.4 Å². The molecule has 104 valence electrons. The second-order valence-electron chi connectivity index (χ2n) is 4.63. The first-order valence-corrected chi connectivity index (χ1v) is 8.60. The van der Waals surface area contributed by atoms with Crippen molar-refractivity contribution in [3.8, 4) is 0 Å². The summed E-state index contributed by atoms with van der Waals surface area (Å²) in [6, 6.07) is 5.90. The molecule has 2 aromatic rings. The minimum Gasteiger partial charge on any atom is -0.345 e. The average Bonchev–Trinajstić information content (AvgIpc) is 3.04. The zero-order chi connectivity index (χ0) is 14.1. The van der Waals surface area contributed by atoms with Gasteiger partial charge >= 0.3 is 0 Å². The summed E-state index contributed by atoms with van der Waals surface area (Å²) in [6.07, 6.45) is 3.71. The fraction of sp³-hybridized carbons (Fsp3) is 0.286. The van der Waals surface area contributed by atoms with Crippen molar-refractivity contribution in [2.45, 2.75) is 12.3 Å². The monoisotopic (exact) mass is 305 g/mol. The van der Waals surface area contributed by atoms with E-state index < -0.39 is 0 Å². The van der Waals surface area contributed by atoms with Gasteiger partial charge in [-0.15, -0.1) is 23.5 Å². The van der Waals surface area contributed by atoms with E-state index in [0.29, 0.717) is 5.75 Å². The van der Waals surface area contributed by atoms with Crippen molar-refractivity contribution in [3.05, 3.63) is 35.5 Å². The molecule has 0 radical (unpaired) electrons. The van der Waals surface area contributed by atoms with Crippen LogP contribution in [0.25, 0.3) is 11.0 Å². The third kappa shape index (κ3) is 2.33. The number of nitrogens with one attached hydrogen (secondary N) is 1. The summed E-state index contributed by atoms with van der Waals surface area (Å²) in [6.45, 7) is 2.08. The normalized spacial score (nSPS) is 20.1. The number of benzene rings is 1. The summed E-state index contributed by atoms with van der Waals surface area (Å²) in [5, 5.41) is 2.20. The molecule has 1 aromatic carbocycles. The van der Waals surface area contributed by atoms with Crippen LogP contribution < -0.4 is 4.90 Å². The maximum Gasteiger partial charge on any atom is 0.238 e. The molecule has 20 heavy (non-hydrogen) atoms. The molecule has 1 atom stereocenters. The van der Waals surface area contributed by atoms with Gasteiger partial charge in [0.25, 0.3) is 0 Å². The van der Waals surface area contributed by atoms with Gasteiger partial charge in [0.1, 0.15) is 5.37 Å². The van der Waals surface area contributed by atoms with E-state index in [2.05, 4.69) is 22.3 Å². The van der Waals surface area contributed by atoms with E-state index >= 15 is 0 Å². The molecule has 1 fully saturated rings. The molecule has 0 spiro atoms. The zero-order valence-corrected chi connectivity index (χ0v) is 12.9. The first kappa shape index (κ1) is 13.6. The topological polar surface area (TPSA) is 49.0 Å². The number of nitrogens with zero attached hydrogens (tertiary/aromatic N) is 2. The SMILES string of the molecule is CS/C=C(\C)C1SCC(=O)N1c1ccc2nc[nH]c2c1. The highest BCUT2D eigenvalue weighted by Gasteiger charge is 2.33. The zero-order valence-electron chi connectivity index (χ0n) is 11.3. The predicted molar refractivity (Wildman–Crippen MR) is 87.1 cm³/mol. The van der Waals surface area contributed by atoms with E-state index in [9.17, 15) is 4.79 Å². The van der Waals surface area contributed by atoms with E-state index in [0.717, 1.165) is 16.7 Å². The lowest BCUT2D eigenvalue weighted by molar-refractivity contribution is -0.115. The maximum atomic E-state index is 12.2. The van der Waals surface area contributed by atoms with Crippen LogP contribution in [-0.2, 0) is 4.79 Å². The molecule has 1 amide bonds. The number of carbonyl (C=O) groups excluding carboxylic acids is 1. The van der Waals surface area contributed by atoms with E-state index in [1.807, 2.05) is 29.4 Å². The first-order chi connectivity index (χ1) is 9.70. The summed E-state index contributed by atoms with van der Waals surface area (Å²) >= 11 is 3.35. The second-order valence-corrected chi connectivity index (χ2v) is 6.40. The number of aromatic amines is 1. The molecule has 0 saturated carbocycles. The third-order valence-corrected chi connectivity index (χ3v) is 5.16. The lowest BCUT2D eigenvalue weighted by atomic mass is 10.2. The Morgan fingerprint density at radius 2 is 2.45 bits per heavy atom. The Bertz CT molecular complexity index is 680. The van der Waals surface area contributed by atoms with Gasteiger partial charge in [0.15, 0.2) is 0 Å². The van der Waals surface area contributed by atoms with Gasteiger partial charge in [0.2, 0.25) is 5.91 Å². The number of aromatic nitrogens is 2. The van der Waals surface area contributed by atoms with Gasteiger partial charge < -0.3 is 4.98 Å². The van der Waals surface area contributed by atoms with Crippen molar-refractivity contribution in [2.24, 2.45) is 0 Å². The predicted octanol–water partition coefficient (Wildman–Crippen LogP) is 3.24. The van der Waals surface area contributed by atoms with Crippen LogP contribution >= 0.6 is 23.5 Å². The van der Waals surface area contributed by atoms with Gasteiger partial charge in [-0.1, -0.05) is 0 Å². The van der Waals surface area contributed by atoms with Crippen molar-refractivity contribution in [1.82, 2.24) is 9.97 Å². The number of carbonyl (C=O) groups is 1. The standard InChI is InChI=1S/C14H15N3OS2/c1-9(6-19-2)14-17(13(18)7-20-14)10-3-4-11-12(5-10)16-8-15-11/h3-6,8,14H,7H2,1-2H3,(H,15,16)/b9-6+. The molecule has 1 aliphatic rings. The molecule has 0 aliphatic carbocycles. The fourth-order valence-corrected chi connectivity index (χ4v) is 4.10. The molecule has 4 nitrogen and oxygen atoms in total. The van der Waals surface area contributed by atoms with E-state index in [1.165, 1.54) is 5.57 Å². The van der Waals surface area contributed by atoms with Crippen LogP contribution in [0.5, 0.6) is 0 Å². The number of thioether (sulfide) groups is 2. The number of H-pyrrole nitrogens is 1. The third-order valence-electron chi connectivity index (χ3n) is 3.24. The minimum absolute atomic E-state index is 0.0929. The number of imidazole rings is 1. The number of anilines is 1. The highest BCUT2D eigenvalue weighted by Crippen LogP contribution is 2.36. The Kier molecular flexibility index (Phi) is 3.76. The van der Waals surface area contributed by atoms with Crippen LogP contribution in [0.4, 0.5) is 5.69 Å². The van der Waals surface area contributed by atoms with Crippen molar-refractivity contribution in [1.29, 1.82) is 0 Å². The number of hydrogen-bond donors (Lipinski definition) is 1. The minimum atomic E-state index is 0.0929. The van der Waals surface area contributed by atoms with E-state index in [-0.39, 0.29) is 11.3 Å². The Labute approximate surface area is 126 Å². The fourth-order valence-electron chi connectivity index (χ4n) is 2.36. The van der Waals surface area contributed by atoms with Gasteiger partial charge in [-0.2, -0.15) is 0 Å². The molecule has 1 unspecified atom stereocenters. The Morgan fingerprint density at radius 3 is 3.25 bits per heavy atom. The van der Waals surface area contributed by atoms with Crippen molar-refractivity contribution >= 4 is 46.2 Å². The number of hydrogen-bond acceptors (Lipinski definition) is 4. The number of fused-ring (bicyclic) bond motifs is 1. The average molecular weight is 305 g/mol. The summed E-state index contributed by atoms with van der Waals surface area (Å²) in [5.41, 5.74) is 4.01. The summed E-state index contributed by atoms with van der Waals surface area (Å²) in [4.78, 5) is 21.4. The van der Waals surface area contributed by atoms with Gasteiger partial charge in [-0.25, -0.2) is 4.98 Å². The molecular formula is C14H15N3OS2. The van der Waals surface area contributed by atoms with Crippen LogP contribution in [0.15, 0.2) is 35.5 Å². The molecule has 0 bridgehead atoms. The van der Waals surface area contributed by atoms with Gasteiger partial charge in [0.05, 0.1) is 23.1 Å². The molecule has 6 heteroatoms. The molecule has 1 N–H and O–H groups in total. The van der Waals surface area contributed by atoms with Crippen LogP contribution in [0.2, 0.25) is 0 Å². The lowest BCUT2D eigenvalue weighted by Crippen LogP contribution is -2.33. The van der Waals surface area contributed by atoms with Crippen molar-refractivity contribution in [3.63, 3.8) is 0 Å². The first-order valence-electron chi connectivity index (χ1n) is 6.27. The Hall–Kier alpha value is -1.40. The number of amides is 1. The van der Waals surface area contributed by atoms with E-state index in [4.69, 9.17) is 0 Å². The molecule has 2 heterocycles. The largest absolute Gasteiger partial charge is 0.345 e.